The Balaban J connectivity index is 1.15. The van der Waals surface area contributed by atoms with E-state index in [-0.39, 0.29) is 50.4 Å². The Kier molecular flexibility index (Phi) is 31.2. The molecular weight excluding hydrogens is 1000 g/mol. The summed E-state index contributed by atoms with van der Waals surface area (Å²) in [5, 5.41) is 24.0. The van der Waals surface area contributed by atoms with Crippen molar-refractivity contribution in [2.45, 2.75) is 264 Å². The number of allylic oxidation sites excluding steroid dienone is 12. The van der Waals surface area contributed by atoms with Gasteiger partial charge < -0.3 is 29.2 Å². The maximum Gasteiger partial charge on any atom is 0.306 e. The van der Waals surface area contributed by atoms with Gasteiger partial charge in [0.25, 0.3) is 0 Å². The average molecular weight is 1110 g/mol. The second-order valence-corrected chi connectivity index (χ2v) is 23.8. The van der Waals surface area contributed by atoms with E-state index in [1.54, 1.807) is 26.8 Å². The summed E-state index contributed by atoms with van der Waals surface area (Å²) < 4.78 is 40.3. The number of hydrogen-bond donors (Lipinski definition) is 2. The third-order valence-electron chi connectivity index (χ3n) is 17.9. The van der Waals surface area contributed by atoms with Crippen LogP contribution in [0, 0.1) is 28.6 Å². The smallest absolute Gasteiger partial charge is 0.306 e. The van der Waals surface area contributed by atoms with E-state index in [9.17, 15) is 34.2 Å². The molecule has 0 aromatic heterocycles. The van der Waals surface area contributed by atoms with Gasteiger partial charge in [0.05, 0.1) is 19.3 Å². The lowest BCUT2D eigenvalue weighted by molar-refractivity contribution is -0.220. The lowest BCUT2D eigenvalue weighted by Crippen LogP contribution is -2.69. The summed E-state index contributed by atoms with van der Waals surface area (Å²) in [6.45, 7) is 9.64. The number of ketones is 2. The van der Waals surface area contributed by atoms with Crippen LogP contribution in [0.2, 0.25) is 0 Å². The van der Waals surface area contributed by atoms with Crippen LogP contribution in [0.4, 0.5) is 4.39 Å². The second kappa shape index (κ2) is 36.5. The van der Waals surface area contributed by atoms with Crippen LogP contribution < -0.4 is 0 Å². The molecule has 4 aliphatic rings. The molecule has 0 aromatic carbocycles. The van der Waals surface area contributed by atoms with Crippen LogP contribution in [0.15, 0.2) is 72.4 Å². The molecule has 3 saturated carbocycles. The predicted octanol–water partition coefficient (Wildman–Crippen LogP) is 15.1. The van der Waals surface area contributed by atoms with E-state index in [1.165, 1.54) is 57.1 Å². The summed E-state index contributed by atoms with van der Waals surface area (Å²) in [4.78, 5) is 64.8. The summed E-state index contributed by atoms with van der Waals surface area (Å²) in [5.74, 6) is -3.70. The second-order valence-electron chi connectivity index (χ2n) is 23.8. The van der Waals surface area contributed by atoms with E-state index in [2.05, 4.69) is 62.5 Å². The minimum Gasteiger partial charge on any atom is -0.466 e. The third-order valence-corrected chi connectivity index (χ3v) is 17.9. The van der Waals surface area contributed by atoms with E-state index in [4.69, 9.17) is 18.9 Å². The largest absolute Gasteiger partial charge is 0.466 e. The van der Waals surface area contributed by atoms with Gasteiger partial charge in [-0.3, -0.25) is 24.0 Å². The normalized spacial score (nSPS) is 26.9. The highest BCUT2D eigenvalue weighted by Gasteiger charge is 2.75. The van der Waals surface area contributed by atoms with Gasteiger partial charge in [0, 0.05) is 55.5 Å². The van der Waals surface area contributed by atoms with E-state index < -0.39 is 70.4 Å². The zero-order chi connectivity index (χ0) is 57.4. The highest BCUT2D eigenvalue weighted by molar-refractivity contribution is 6.01. The molecule has 0 bridgehead atoms. The predicted molar refractivity (Wildman–Crippen MR) is 313 cm³/mol. The maximum absolute atomic E-state index is 17.6. The number of rotatable bonds is 42. The summed E-state index contributed by atoms with van der Waals surface area (Å²) >= 11 is 0. The Morgan fingerprint density at radius 1 is 0.671 bits per heavy atom. The van der Waals surface area contributed by atoms with Crippen molar-refractivity contribution in [2.24, 2.45) is 28.6 Å². The molecule has 0 heterocycles. The molecule has 3 fully saturated rings. The molecular formula is C67H105FO11. The molecule has 12 heteroatoms. The number of esters is 3. The number of hydrogen-bond acceptors (Lipinski definition) is 11. The summed E-state index contributed by atoms with van der Waals surface area (Å²) in [5.41, 5.74) is -5.75. The SMILES string of the molecule is CCCCC/C=C\C/C=C\CCCCCCCC(=O)OC(CCOCCCC(=O)OCC(=O)[C@@]1(O)[C@H](C)C[C@H]2[C@@H]3CCC4=CC(=O)C=C[C@]4(C)[C@@]3(F)[C@@H](O)C[C@@]21C)CCOC(=O)CCCCCC/C=C\C/C=C\CCCCCC. The Morgan fingerprint density at radius 2 is 1.19 bits per heavy atom. The van der Waals surface area contributed by atoms with Crippen LogP contribution in [0.1, 0.15) is 240 Å². The van der Waals surface area contributed by atoms with Crippen LogP contribution in [0.3, 0.4) is 0 Å². The molecule has 4 aliphatic carbocycles. The van der Waals surface area contributed by atoms with Crippen LogP contribution >= 0.6 is 0 Å². The highest BCUT2D eigenvalue weighted by atomic mass is 19.1. The first-order valence-corrected chi connectivity index (χ1v) is 31.3. The molecule has 0 saturated heterocycles. The molecule has 446 valence electrons. The first-order valence-electron chi connectivity index (χ1n) is 31.3. The number of ether oxygens (including phenoxy) is 4. The van der Waals surface area contributed by atoms with Crippen LogP contribution in [-0.4, -0.2) is 89.6 Å². The van der Waals surface area contributed by atoms with Crippen molar-refractivity contribution in [3.05, 3.63) is 72.4 Å². The van der Waals surface area contributed by atoms with Gasteiger partial charge in [-0.1, -0.05) is 152 Å². The summed E-state index contributed by atoms with van der Waals surface area (Å²) in [6.07, 6.45) is 47.4. The summed E-state index contributed by atoms with van der Waals surface area (Å²) in [6, 6.07) is 0. The van der Waals surface area contributed by atoms with Gasteiger partial charge in [-0.2, -0.15) is 0 Å². The number of Topliss-reactive ketones (excluding diaryl/α,β-unsaturated/α-hetero) is 1. The molecule has 0 amide bonds. The standard InChI is InChI=1S/C67H105FO11/c1-6-8-10-12-14-16-18-20-22-24-26-28-30-32-34-37-61(72)77-48-44-56(79-63(74)38-35-33-31-29-27-25-23-21-19-17-15-13-11-9-7-2)43-47-76-46-36-39-62(73)78-52-60(71)67(75)53(3)49-58-57-41-40-54-50-55(69)42-45-64(54,4)66(57,68)59(70)51-65(58,67)5/h15-18,21-24,42,45,50,53,56-59,70,75H,6-14,19-20,25-41,43-44,46-49,51-52H2,1-5H3/b17-15-,18-16-,23-21-,24-22-/t53-,56?,57+,58+,59+,64+,65+,66+,67+/m1/s1. The molecule has 0 radical (unpaired) electrons. The maximum atomic E-state index is 17.6. The fourth-order valence-electron chi connectivity index (χ4n) is 13.1. The number of carbonyl (C=O) groups excluding carboxylic acids is 5. The molecule has 9 atom stereocenters. The van der Waals surface area contributed by atoms with Crippen molar-refractivity contribution >= 4 is 29.5 Å². The van der Waals surface area contributed by atoms with Crippen molar-refractivity contribution in [1.82, 2.24) is 0 Å². The number of aliphatic hydroxyl groups is 2. The quantitative estimate of drug-likeness (QED) is 0.0259. The molecule has 1 unspecified atom stereocenters. The molecule has 4 rings (SSSR count). The zero-order valence-electron chi connectivity index (χ0n) is 49.6. The van der Waals surface area contributed by atoms with Crippen molar-refractivity contribution in [2.75, 3.05) is 26.4 Å². The van der Waals surface area contributed by atoms with Crippen LogP contribution in [-0.2, 0) is 42.9 Å². The number of unbranched alkanes of at least 4 members (excludes halogenated alkanes) is 16. The average Bonchev–Trinajstić information content (AvgIpc) is 3.08. The monoisotopic (exact) mass is 1100 g/mol. The first kappa shape index (κ1) is 67.5. The minimum absolute atomic E-state index is 0.0348. The third kappa shape index (κ3) is 20.7. The van der Waals surface area contributed by atoms with Gasteiger partial charge >= 0.3 is 17.9 Å². The Hall–Kier alpha value is -4.00. The van der Waals surface area contributed by atoms with Crippen molar-refractivity contribution in [3.63, 3.8) is 0 Å². The summed E-state index contributed by atoms with van der Waals surface area (Å²) in [7, 11) is 0. The minimum atomic E-state index is -2.09. The molecule has 0 aromatic rings. The van der Waals surface area contributed by atoms with Gasteiger partial charge in [-0.15, -0.1) is 0 Å². The van der Waals surface area contributed by atoms with E-state index in [0.717, 1.165) is 96.3 Å². The van der Waals surface area contributed by atoms with Gasteiger partial charge in [0.15, 0.2) is 18.1 Å². The number of halogens is 1. The first-order chi connectivity index (χ1) is 38.1. The Labute approximate surface area is 476 Å². The lowest BCUT2D eigenvalue weighted by Gasteiger charge is -2.62. The van der Waals surface area contributed by atoms with Crippen LogP contribution in [0.25, 0.3) is 0 Å². The fourth-order valence-corrected chi connectivity index (χ4v) is 13.1. The van der Waals surface area contributed by atoms with E-state index in [1.807, 2.05) is 0 Å². The topological polar surface area (TPSA) is 163 Å². The number of alkyl halides is 1. The van der Waals surface area contributed by atoms with Gasteiger partial charge in [-0.25, -0.2) is 4.39 Å². The van der Waals surface area contributed by atoms with Gasteiger partial charge in [-0.05, 0) is 140 Å². The van der Waals surface area contributed by atoms with Gasteiger partial charge in [0.1, 0.15) is 11.7 Å². The highest BCUT2D eigenvalue weighted by Crippen LogP contribution is 2.70. The Morgan fingerprint density at radius 3 is 1.81 bits per heavy atom. The van der Waals surface area contributed by atoms with E-state index in [0.29, 0.717) is 56.9 Å². The fraction of sp³-hybridized carbons (Fsp3) is 0.746. The number of fused-ring (bicyclic) bond motifs is 5. The molecule has 11 nitrogen and oxygen atoms in total. The lowest BCUT2D eigenvalue weighted by atomic mass is 9.44. The van der Waals surface area contributed by atoms with E-state index >= 15 is 4.39 Å². The van der Waals surface area contributed by atoms with Crippen molar-refractivity contribution in [3.8, 4) is 0 Å². The molecule has 2 N–H and O–H groups in total. The van der Waals surface area contributed by atoms with Crippen LogP contribution in [0.5, 0.6) is 0 Å². The molecule has 79 heavy (non-hydrogen) atoms. The molecule has 0 aliphatic heterocycles. The van der Waals surface area contributed by atoms with Gasteiger partial charge in [0.2, 0.25) is 5.78 Å². The Bertz CT molecular complexity index is 2040. The van der Waals surface area contributed by atoms with Crippen molar-refractivity contribution < 1.29 is 57.5 Å². The zero-order valence-corrected chi connectivity index (χ0v) is 49.6. The van der Waals surface area contributed by atoms with Crippen molar-refractivity contribution in [1.29, 1.82) is 0 Å². The number of carbonyl (C=O) groups is 5. The molecule has 0 spiro atoms. The number of aliphatic hydroxyl groups excluding tert-OH is 1.